The molecule has 1 aliphatic heterocycles. The van der Waals surface area contributed by atoms with Gasteiger partial charge in [0.2, 0.25) is 0 Å². The van der Waals surface area contributed by atoms with E-state index in [0.717, 1.165) is 17.7 Å². The molecule has 15 heavy (non-hydrogen) atoms. The van der Waals surface area contributed by atoms with Crippen LogP contribution in [0, 0.1) is 0 Å². The molecular weight excluding hydrogens is 230 g/mol. The van der Waals surface area contributed by atoms with Crippen LogP contribution in [0.25, 0.3) is 0 Å². The van der Waals surface area contributed by atoms with E-state index in [2.05, 4.69) is 0 Å². The van der Waals surface area contributed by atoms with E-state index >= 15 is 0 Å². The van der Waals surface area contributed by atoms with Crippen LogP contribution < -0.4 is 5.73 Å². The molecule has 2 heterocycles. The molecule has 5 heteroatoms. The van der Waals surface area contributed by atoms with Gasteiger partial charge in [-0.15, -0.1) is 11.3 Å². The molecule has 0 aromatic carbocycles. The Morgan fingerprint density at radius 1 is 1.53 bits per heavy atom. The Kier molecular flexibility index (Phi) is 2.87. The minimum absolute atomic E-state index is 0.219. The predicted octanol–water partition coefficient (Wildman–Crippen LogP) is 1.15. The zero-order chi connectivity index (χ0) is 10.9. The molecule has 1 aromatic rings. The molecule has 0 aliphatic carbocycles. The van der Waals surface area contributed by atoms with Crippen LogP contribution in [0.1, 0.15) is 17.7 Å². The topological polar surface area (TPSA) is 60.2 Å². The second kappa shape index (κ2) is 3.88. The lowest BCUT2D eigenvalue weighted by atomic mass is 9.83. The number of nitrogens with two attached hydrogens (primary N) is 1. The van der Waals surface area contributed by atoms with Gasteiger partial charge in [-0.05, 0) is 24.3 Å². The molecule has 0 saturated carbocycles. The van der Waals surface area contributed by atoms with Crippen molar-refractivity contribution in [2.75, 3.05) is 18.1 Å². The Morgan fingerprint density at radius 3 is 2.87 bits per heavy atom. The van der Waals surface area contributed by atoms with Gasteiger partial charge in [0.05, 0.1) is 11.5 Å². The molecular formula is C10H15NO2S2. The van der Waals surface area contributed by atoms with Crippen molar-refractivity contribution in [1.29, 1.82) is 0 Å². The van der Waals surface area contributed by atoms with E-state index < -0.39 is 9.84 Å². The van der Waals surface area contributed by atoms with Crippen molar-refractivity contribution in [3.05, 3.63) is 22.4 Å². The number of rotatable bonds is 2. The normalized spacial score (nSPS) is 30.2. The molecule has 0 bridgehead atoms. The van der Waals surface area contributed by atoms with E-state index in [-0.39, 0.29) is 11.2 Å². The van der Waals surface area contributed by atoms with Gasteiger partial charge in [0, 0.05) is 16.8 Å². The predicted molar refractivity (Wildman–Crippen MR) is 62.9 cm³/mol. The Bertz CT molecular complexity index is 424. The Balaban J connectivity index is 2.38. The monoisotopic (exact) mass is 245 g/mol. The Morgan fingerprint density at radius 2 is 2.33 bits per heavy atom. The molecule has 84 valence electrons. The van der Waals surface area contributed by atoms with Crippen molar-refractivity contribution >= 4 is 21.2 Å². The minimum Gasteiger partial charge on any atom is -0.330 e. The van der Waals surface area contributed by atoms with Gasteiger partial charge >= 0.3 is 0 Å². The number of thiophene rings is 1. The second-order valence-electron chi connectivity index (χ2n) is 4.16. The fraction of sp³-hybridized carbons (Fsp3) is 0.600. The molecule has 2 N–H and O–H groups in total. The molecule has 3 nitrogen and oxygen atoms in total. The van der Waals surface area contributed by atoms with Crippen molar-refractivity contribution in [3.63, 3.8) is 0 Å². The number of hydrogen-bond donors (Lipinski definition) is 1. The minimum atomic E-state index is -2.90. The molecule has 0 radical (unpaired) electrons. The first-order valence-electron chi connectivity index (χ1n) is 5.02. The summed E-state index contributed by atoms with van der Waals surface area (Å²) in [7, 11) is -2.90. The maximum absolute atomic E-state index is 11.7. The molecule has 1 atom stereocenters. The summed E-state index contributed by atoms with van der Waals surface area (Å²) in [4.78, 5) is 1.12. The quantitative estimate of drug-likeness (QED) is 0.850. The van der Waals surface area contributed by atoms with Gasteiger partial charge in [-0.3, -0.25) is 0 Å². The Hall–Kier alpha value is -0.390. The van der Waals surface area contributed by atoms with Gasteiger partial charge in [0.25, 0.3) is 0 Å². The first-order valence-corrected chi connectivity index (χ1v) is 7.73. The lowest BCUT2D eigenvalue weighted by molar-refractivity contribution is 0.425. The average Bonchev–Trinajstić information content (AvgIpc) is 2.69. The van der Waals surface area contributed by atoms with Crippen LogP contribution in [0.3, 0.4) is 0 Å². The summed E-state index contributed by atoms with van der Waals surface area (Å²) in [5, 5.41) is 1.98. The highest BCUT2D eigenvalue weighted by Gasteiger charge is 2.39. The maximum Gasteiger partial charge on any atom is 0.151 e. The summed E-state index contributed by atoms with van der Waals surface area (Å²) in [6.07, 6.45) is 1.63. The largest absolute Gasteiger partial charge is 0.330 e. The highest BCUT2D eigenvalue weighted by atomic mass is 32.2. The number of hydrogen-bond acceptors (Lipinski definition) is 4. The summed E-state index contributed by atoms with van der Waals surface area (Å²) in [5.74, 6) is 0.539. The maximum atomic E-state index is 11.7. The fourth-order valence-corrected chi connectivity index (χ4v) is 5.28. The van der Waals surface area contributed by atoms with Crippen molar-refractivity contribution in [2.24, 2.45) is 5.73 Å². The number of sulfone groups is 1. The molecule has 1 aromatic heterocycles. The summed E-state index contributed by atoms with van der Waals surface area (Å²) in [5.41, 5.74) is 5.48. The SMILES string of the molecule is NCC1(c2cccs2)CCCS(=O)(=O)C1. The van der Waals surface area contributed by atoms with Gasteiger partial charge in [-0.25, -0.2) is 8.42 Å². The van der Waals surface area contributed by atoms with Gasteiger partial charge in [0.15, 0.2) is 9.84 Å². The van der Waals surface area contributed by atoms with Gasteiger partial charge in [-0.2, -0.15) is 0 Å². The van der Waals surface area contributed by atoms with Crippen LogP contribution in [0.15, 0.2) is 17.5 Å². The zero-order valence-electron chi connectivity index (χ0n) is 8.48. The van der Waals surface area contributed by atoms with Crippen LogP contribution in [-0.2, 0) is 15.3 Å². The van der Waals surface area contributed by atoms with E-state index in [4.69, 9.17) is 5.73 Å². The highest BCUT2D eigenvalue weighted by Crippen LogP contribution is 2.36. The zero-order valence-corrected chi connectivity index (χ0v) is 10.1. The molecule has 0 spiro atoms. The lowest BCUT2D eigenvalue weighted by Gasteiger charge is -2.34. The van der Waals surface area contributed by atoms with Crippen molar-refractivity contribution in [2.45, 2.75) is 18.3 Å². The van der Waals surface area contributed by atoms with E-state index in [1.165, 1.54) is 0 Å². The van der Waals surface area contributed by atoms with Crippen LogP contribution in [0.5, 0.6) is 0 Å². The second-order valence-corrected chi connectivity index (χ2v) is 7.29. The van der Waals surface area contributed by atoms with E-state index in [0.29, 0.717) is 12.3 Å². The van der Waals surface area contributed by atoms with Crippen molar-refractivity contribution in [1.82, 2.24) is 0 Å². The molecule has 1 unspecified atom stereocenters. The highest BCUT2D eigenvalue weighted by molar-refractivity contribution is 7.91. The van der Waals surface area contributed by atoms with Crippen LogP contribution in [0.2, 0.25) is 0 Å². The van der Waals surface area contributed by atoms with Crippen LogP contribution in [-0.4, -0.2) is 26.5 Å². The smallest absolute Gasteiger partial charge is 0.151 e. The third-order valence-electron chi connectivity index (χ3n) is 3.04. The Labute approximate surface area is 94.2 Å². The summed E-state index contributed by atoms with van der Waals surface area (Å²) in [6.45, 7) is 0.423. The molecule has 1 aliphatic rings. The fourth-order valence-electron chi connectivity index (χ4n) is 2.23. The molecule has 1 fully saturated rings. The first-order chi connectivity index (χ1) is 7.08. The third kappa shape index (κ3) is 2.09. The molecule has 1 saturated heterocycles. The van der Waals surface area contributed by atoms with E-state index in [1.807, 2.05) is 17.5 Å². The summed E-state index contributed by atoms with van der Waals surface area (Å²) >= 11 is 1.61. The van der Waals surface area contributed by atoms with Gasteiger partial charge < -0.3 is 5.73 Å². The standard InChI is InChI=1S/C10H15NO2S2/c11-7-10(9-3-1-5-14-9)4-2-6-15(12,13)8-10/h1,3,5H,2,4,6-8,11H2. The summed E-state index contributed by atoms with van der Waals surface area (Å²) < 4.78 is 23.3. The summed E-state index contributed by atoms with van der Waals surface area (Å²) in [6, 6.07) is 3.96. The van der Waals surface area contributed by atoms with E-state index in [1.54, 1.807) is 11.3 Å². The van der Waals surface area contributed by atoms with Gasteiger partial charge in [-0.1, -0.05) is 6.07 Å². The van der Waals surface area contributed by atoms with Crippen LogP contribution in [0.4, 0.5) is 0 Å². The van der Waals surface area contributed by atoms with Gasteiger partial charge in [0.1, 0.15) is 0 Å². The lowest BCUT2D eigenvalue weighted by Crippen LogP contribution is -2.45. The van der Waals surface area contributed by atoms with E-state index in [9.17, 15) is 8.42 Å². The molecule has 0 amide bonds. The first kappa shape index (κ1) is 11.1. The van der Waals surface area contributed by atoms with Crippen molar-refractivity contribution < 1.29 is 8.42 Å². The van der Waals surface area contributed by atoms with Crippen molar-refractivity contribution in [3.8, 4) is 0 Å². The van der Waals surface area contributed by atoms with Crippen LogP contribution >= 0.6 is 11.3 Å². The average molecular weight is 245 g/mol. The third-order valence-corrected chi connectivity index (χ3v) is 6.06. The molecule has 2 rings (SSSR count).